The van der Waals surface area contributed by atoms with Gasteiger partial charge in [0.15, 0.2) is 11.4 Å². The number of aromatic nitrogens is 4. The second kappa shape index (κ2) is 10.1. The maximum absolute atomic E-state index is 12.6. The lowest BCUT2D eigenvalue weighted by Crippen LogP contribution is -2.37. The number of carbonyl (C=O) groups excluding carboxylic acids is 1. The van der Waals surface area contributed by atoms with Gasteiger partial charge in [0.05, 0.1) is 42.5 Å². The Morgan fingerprint density at radius 2 is 1.87 bits per heavy atom. The molecule has 3 heterocycles. The molecule has 1 aromatic carbocycles. The van der Waals surface area contributed by atoms with Gasteiger partial charge in [-0.1, -0.05) is 6.07 Å². The van der Waals surface area contributed by atoms with Crippen molar-refractivity contribution in [3.05, 3.63) is 59.5 Å². The zero-order valence-corrected chi connectivity index (χ0v) is 21.6. The minimum atomic E-state index is -1.12. The standard InChI is InChI=1S/C28H29N5O6/c1-15(35)23-24(16-7-9-28(38,14-34)10-8-16)32-26-20(13-31-33(26)25(23)29)18-3-5-21(30-12-18)17-4-6-22(39-2)19(11-17)27(36)37/h3-6,11-13,16,34,38H,7-10,14,29H2,1-2H3,(H,36,37)/t16-,28+. The molecule has 1 fully saturated rings. The number of methoxy groups -OCH3 is 1. The highest BCUT2D eigenvalue weighted by atomic mass is 16.5. The van der Waals surface area contributed by atoms with Crippen LogP contribution in [0.2, 0.25) is 0 Å². The van der Waals surface area contributed by atoms with E-state index in [0.717, 1.165) is 0 Å². The van der Waals surface area contributed by atoms with Crippen LogP contribution in [0.1, 0.15) is 64.9 Å². The molecule has 1 aliphatic rings. The van der Waals surface area contributed by atoms with E-state index in [9.17, 15) is 24.9 Å². The van der Waals surface area contributed by atoms with Crippen molar-refractivity contribution in [2.24, 2.45) is 0 Å². The van der Waals surface area contributed by atoms with Crippen LogP contribution in [0.3, 0.4) is 0 Å². The highest BCUT2D eigenvalue weighted by Gasteiger charge is 2.36. The predicted octanol–water partition coefficient (Wildman–Crippen LogP) is 3.33. The zero-order valence-electron chi connectivity index (χ0n) is 21.6. The Labute approximate surface area is 223 Å². The van der Waals surface area contributed by atoms with Crippen LogP contribution in [0.5, 0.6) is 5.75 Å². The number of aliphatic hydroxyl groups excluding tert-OH is 1. The number of nitrogens with zero attached hydrogens (tertiary/aromatic N) is 4. The normalized spacial score (nSPS) is 19.2. The summed E-state index contributed by atoms with van der Waals surface area (Å²) in [6.07, 6.45) is 5.16. The molecule has 0 atom stereocenters. The molecular formula is C28H29N5O6. The van der Waals surface area contributed by atoms with Crippen LogP contribution in [-0.2, 0) is 0 Å². The molecule has 1 aliphatic carbocycles. The Morgan fingerprint density at radius 1 is 1.15 bits per heavy atom. The van der Waals surface area contributed by atoms with Gasteiger partial charge in [-0.05, 0) is 56.9 Å². The van der Waals surface area contributed by atoms with Gasteiger partial charge in [-0.3, -0.25) is 9.78 Å². The number of ether oxygens (including phenoxy) is 1. The van der Waals surface area contributed by atoms with E-state index in [0.29, 0.717) is 65.0 Å². The Kier molecular flexibility index (Phi) is 6.79. The largest absolute Gasteiger partial charge is 0.496 e. The summed E-state index contributed by atoms with van der Waals surface area (Å²) in [7, 11) is 1.42. The van der Waals surface area contributed by atoms with E-state index in [4.69, 9.17) is 15.5 Å². The molecule has 0 spiro atoms. The van der Waals surface area contributed by atoms with Crippen molar-refractivity contribution >= 4 is 23.2 Å². The lowest BCUT2D eigenvalue weighted by molar-refractivity contribution is -0.0458. The Morgan fingerprint density at radius 3 is 2.46 bits per heavy atom. The highest BCUT2D eigenvalue weighted by molar-refractivity contribution is 6.00. The number of aromatic carboxylic acids is 1. The number of rotatable bonds is 7. The summed E-state index contributed by atoms with van der Waals surface area (Å²) in [4.78, 5) is 33.6. The van der Waals surface area contributed by atoms with Gasteiger partial charge in [0.25, 0.3) is 0 Å². The van der Waals surface area contributed by atoms with E-state index in [-0.39, 0.29) is 35.4 Å². The number of benzene rings is 1. The third kappa shape index (κ3) is 4.70. The van der Waals surface area contributed by atoms with Gasteiger partial charge in [0, 0.05) is 28.8 Å². The first kappa shape index (κ1) is 26.3. The van der Waals surface area contributed by atoms with E-state index in [1.54, 1.807) is 30.6 Å². The van der Waals surface area contributed by atoms with Gasteiger partial charge in [-0.2, -0.15) is 9.61 Å². The lowest BCUT2D eigenvalue weighted by Gasteiger charge is -2.34. The third-order valence-electron chi connectivity index (χ3n) is 7.46. The van der Waals surface area contributed by atoms with Gasteiger partial charge in [0.1, 0.15) is 17.1 Å². The molecule has 202 valence electrons. The van der Waals surface area contributed by atoms with Crippen molar-refractivity contribution in [3.63, 3.8) is 0 Å². The average molecular weight is 532 g/mol. The van der Waals surface area contributed by atoms with E-state index < -0.39 is 11.6 Å². The van der Waals surface area contributed by atoms with Gasteiger partial charge in [-0.25, -0.2) is 9.78 Å². The number of fused-ring (bicyclic) bond motifs is 1. The number of carboxylic acids is 1. The molecule has 1 saturated carbocycles. The Balaban J connectivity index is 1.54. The molecule has 0 bridgehead atoms. The number of hydrogen-bond donors (Lipinski definition) is 4. The summed E-state index contributed by atoms with van der Waals surface area (Å²) in [5.74, 6) is -0.966. The first-order chi connectivity index (χ1) is 18.7. The second-order valence-corrected chi connectivity index (χ2v) is 9.92. The maximum atomic E-state index is 12.6. The molecule has 5 N–H and O–H groups in total. The van der Waals surface area contributed by atoms with Crippen molar-refractivity contribution in [2.45, 2.75) is 44.1 Å². The number of aliphatic hydroxyl groups is 2. The van der Waals surface area contributed by atoms with Crippen LogP contribution < -0.4 is 10.5 Å². The molecule has 0 radical (unpaired) electrons. The van der Waals surface area contributed by atoms with Crippen molar-refractivity contribution < 1.29 is 29.6 Å². The Hall–Kier alpha value is -4.35. The van der Waals surface area contributed by atoms with Crippen LogP contribution in [0.15, 0.2) is 42.7 Å². The maximum Gasteiger partial charge on any atom is 0.339 e. The highest BCUT2D eigenvalue weighted by Crippen LogP contribution is 2.40. The number of Topliss-reactive ketones (excluding diaryl/α,β-unsaturated/α-hetero) is 1. The molecule has 4 aromatic rings. The van der Waals surface area contributed by atoms with Crippen LogP contribution >= 0.6 is 0 Å². The minimum Gasteiger partial charge on any atom is -0.496 e. The fraction of sp³-hybridized carbons (Fsp3) is 0.321. The summed E-state index contributed by atoms with van der Waals surface area (Å²) in [6, 6.07) is 8.45. The lowest BCUT2D eigenvalue weighted by atomic mass is 9.77. The van der Waals surface area contributed by atoms with Crippen molar-refractivity contribution in [1.29, 1.82) is 0 Å². The van der Waals surface area contributed by atoms with E-state index >= 15 is 0 Å². The third-order valence-corrected chi connectivity index (χ3v) is 7.46. The summed E-state index contributed by atoms with van der Waals surface area (Å²) in [5, 5.41) is 33.9. The molecule has 11 heteroatoms. The van der Waals surface area contributed by atoms with E-state index in [1.165, 1.54) is 24.6 Å². The van der Waals surface area contributed by atoms with E-state index in [1.807, 2.05) is 6.07 Å². The molecule has 0 unspecified atom stereocenters. The second-order valence-electron chi connectivity index (χ2n) is 9.92. The first-order valence-electron chi connectivity index (χ1n) is 12.5. The van der Waals surface area contributed by atoms with Crippen molar-refractivity contribution in [3.8, 4) is 28.1 Å². The molecule has 5 rings (SSSR count). The van der Waals surface area contributed by atoms with Crippen molar-refractivity contribution in [1.82, 2.24) is 19.6 Å². The summed E-state index contributed by atoms with van der Waals surface area (Å²) in [5.41, 5.74) is 9.30. The Bertz CT molecular complexity index is 1570. The fourth-order valence-corrected chi connectivity index (χ4v) is 5.24. The molecule has 0 aliphatic heterocycles. The molecule has 39 heavy (non-hydrogen) atoms. The number of carboxylic acid groups (broad SMARTS) is 1. The summed E-state index contributed by atoms with van der Waals surface area (Å²) >= 11 is 0. The minimum absolute atomic E-state index is 0.0390. The number of anilines is 1. The number of nitrogens with two attached hydrogens (primary N) is 1. The van der Waals surface area contributed by atoms with Crippen LogP contribution in [0.4, 0.5) is 5.82 Å². The summed E-state index contributed by atoms with van der Waals surface area (Å²) < 4.78 is 6.58. The molecule has 0 saturated heterocycles. The topological polar surface area (TPSA) is 173 Å². The van der Waals surface area contributed by atoms with Gasteiger partial charge < -0.3 is 25.8 Å². The van der Waals surface area contributed by atoms with Crippen molar-refractivity contribution in [2.75, 3.05) is 19.5 Å². The smallest absolute Gasteiger partial charge is 0.339 e. The predicted molar refractivity (Wildman–Crippen MR) is 143 cm³/mol. The number of hydrogen-bond acceptors (Lipinski definition) is 9. The molecular weight excluding hydrogens is 502 g/mol. The SMILES string of the molecule is COc1ccc(-c2ccc(-c3cnn4c(N)c(C(C)=O)c([C@H]5CC[C@](O)(CO)CC5)nc34)cn2)cc1C(=O)O. The molecule has 3 aromatic heterocycles. The number of nitrogen functional groups attached to an aromatic ring is 1. The first-order valence-corrected chi connectivity index (χ1v) is 12.5. The van der Waals surface area contributed by atoms with Gasteiger partial charge >= 0.3 is 5.97 Å². The zero-order chi connectivity index (χ0) is 27.9. The van der Waals surface area contributed by atoms with Crippen LogP contribution in [0, 0.1) is 0 Å². The average Bonchev–Trinajstić information content (AvgIpc) is 3.37. The molecule has 0 amide bonds. The van der Waals surface area contributed by atoms with Gasteiger partial charge in [0.2, 0.25) is 0 Å². The molecule has 11 nitrogen and oxygen atoms in total. The van der Waals surface area contributed by atoms with Crippen LogP contribution in [0.25, 0.3) is 28.0 Å². The van der Waals surface area contributed by atoms with Crippen LogP contribution in [-0.4, -0.2) is 66.0 Å². The van der Waals surface area contributed by atoms with Gasteiger partial charge in [-0.15, -0.1) is 0 Å². The summed E-state index contributed by atoms with van der Waals surface area (Å²) in [6.45, 7) is 1.13. The monoisotopic (exact) mass is 531 g/mol. The number of ketones is 1. The number of pyridine rings is 1. The quantitative estimate of drug-likeness (QED) is 0.259. The fourth-order valence-electron chi connectivity index (χ4n) is 5.24. The number of carbonyl (C=O) groups is 2. The van der Waals surface area contributed by atoms with E-state index in [2.05, 4.69) is 10.1 Å².